The van der Waals surface area contributed by atoms with Crippen LogP contribution in [-0.4, -0.2) is 66.5 Å². The number of morpholine rings is 1. The molecule has 1 aromatic heterocycles. The molecule has 7 heteroatoms. The number of aromatic nitrogens is 1. The molecule has 28 heavy (non-hydrogen) atoms. The molecule has 0 saturated carbocycles. The zero-order valence-corrected chi connectivity index (χ0v) is 17.1. The highest BCUT2D eigenvalue weighted by Gasteiger charge is 2.48. The Balaban J connectivity index is 1.33. The number of pyridine rings is 1. The summed E-state index contributed by atoms with van der Waals surface area (Å²) in [6.07, 6.45) is 6.50. The fourth-order valence-corrected chi connectivity index (χ4v) is 4.57. The molecule has 0 aromatic carbocycles. The molecule has 3 aliphatic heterocycles. The monoisotopic (exact) mass is 388 g/mol. The van der Waals surface area contributed by atoms with Crippen LogP contribution in [0.1, 0.15) is 45.1 Å². The second-order valence-electron chi connectivity index (χ2n) is 8.93. The fraction of sp³-hybridized carbons (Fsp3) is 0.714. The third-order valence-corrected chi connectivity index (χ3v) is 5.83. The normalized spacial score (nSPS) is 27.2. The van der Waals surface area contributed by atoms with E-state index in [2.05, 4.69) is 27.3 Å². The van der Waals surface area contributed by atoms with Crippen LogP contribution in [-0.2, 0) is 16.0 Å². The predicted molar refractivity (Wildman–Crippen MR) is 107 cm³/mol. The van der Waals surface area contributed by atoms with Crippen LogP contribution in [0.15, 0.2) is 18.3 Å². The first-order valence-corrected chi connectivity index (χ1v) is 10.5. The van der Waals surface area contributed by atoms with Crippen molar-refractivity contribution in [2.75, 3.05) is 44.3 Å². The Morgan fingerprint density at radius 1 is 1.21 bits per heavy atom. The van der Waals surface area contributed by atoms with Crippen LogP contribution in [0.2, 0.25) is 0 Å². The Morgan fingerprint density at radius 3 is 2.71 bits per heavy atom. The summed E-state index contributed by atoms with van der Waals surface area (Å²) in [7, 11) is 0. The highest BCUT2D eigenvalue weighted by molar-refractivity contribution is 5.74. The number of hydrogen-bond donors (Lipinski definition) is 1. The van der Waals surface area contributed by atoms with Crippen molar-refractivity contribution in [2.24, 2.45) is 0 Å². The lowest BCUT2D eigenvalue weighted by Crippen LogP contribution is -2.62. The average Bonchev–Trinajstić information content (AvgIpc) is 3.12. The van der Waals surface area contributed by atoms with Crippen LogP contribution in [0.3, 0.4) is 0 Å². The van der Waals surface area contributed by atoms with Gasteiger partial charge in [-0.2, -0.15) is 0 Å². The number of urea groups is 1. The molecule has 2 amide bonds. The van der Waals surface area contributed by atoms with Crippen LogP contribution >= 0.6 is 0 Å². The summed E-state index contributed by atoms with van der Waals surface area (Å²) in [5, 5.41) is 3.05. The molecule has 0 bridgehead atoms. The van der Waals surface area contributed by atoms with Crippen molar-refractivity contribution >= 4 is 11.8 Å². The number of carbonyl (C=O) groups is 1. The van der Waals surface area contributed by atoms with Gasteiger partial charge in [-0.15, -0.1) is 0 Å². The summed E-state index contributed by atoms with van der Waals surface area (Å²) in [4.78, 5) is 21.6. The lowest BCUT2D eigenvalue weighted by molar-refractivity contribution is -0.185. The maximum Gasteiger partial charge on any atom is 0.317 e. The Morgan fingerprint density at radius 2 is 2.04 bits per heavy atom. The Hall–Kier alpha value is -1.86. The lowest BCUT2D eigenvalue weighted by Gasteiger charge is -2.47. The van der Waals surface area contributed by atoms with E-state index in [1.807, 2.05) is 24.9 Å². The van der Waals surface area contributed by atoms with Crippen molar-refractivity contribution in [1.29, 1.82) is 0 Å². The third kappa shape index (κ3) is 4.41. The zero-order valence-electron chi connectivity index (χ0n) is 17.1. The van der Waals surface area contributed by atoms with Crippen molar-refractivity contribution in [2.45, 2.75) is 57.3 Å². The van der Waals surface area contributed by atoms with Crippen LogP contribution < -0.4 is 10.2 Å². The van der Waals surface area contributed by atoms with Crippen LogP contribution in [0.5, 0.6) is 0 Å². The van der Waals surface area contributed by atoms with Gasteiger partial charge in [0.1, 0.15) is 11.4 Å². The molecular formula is C21H32N4O3. The second kappa shape index (κ2) is 7.87. The van der Waals surface area contributed by atoms with E-state index in [4.69, 9.17) is 9.47 Å². The summed E-state index contributed by atoms with van der Waals surface area (Å²) >= 11 is 0. The van der Waals surface area contributed by atoms with Gasteiger partial charge in [-0.3, -0.25) is 0 Å². The van der Waals surface area contributed by atoms with Gasteiger partial charge in [0.25, 0.3) is 0 Å². The summed E-state index contributed by atoms with van der Waals surface area (Å²) in [6.45, 7) is 9.13. The highest BCUT2D eigenvalue weighted by atomic mass is 16.6. The second-order valence-corrected chi connectivity index (χ2v) is 8.93. The molecule has 4 rings (SSSR count). The largest absolute Gasteiger partial charge is 0.378 e. The van der Waals surface area contributed by atoms with E-state index in [9.17, 15) is 4.79 Å². The quantitative estimate of drug-likeness (QED) is 0.862. The van der Waals surface area contributed by atoms with E-state index in [1.54, 1.807) is 0 Å². The fourth-order valence-electron chi connectivity index (χ4n) is 4.57. The number of nitrogens with zero attached hydrogens (tertiary/aromatic N) is 3. The van der Waals surface area contributed by atoms with Gasteiger partial charge in [-0.05, 0) is 44.7 Å². The van der Waals surface area contributed by atoms with Crippen LogP contribution in [0, 0.1) is 0 Å². The molecule has 1 spiro atoms. The molecule has 1 unspecified atom stereocenters. The minimum absolute atomic E-state index is 0.0530. The number of hydrogen-bond acceptors (Lipinski definition) is 5. The minimum atomic E-state index is -0.374. The Labute approximate surface area is 167 Å². The maximum absolute atomic E-state index is 12.8. The third-order valence-electron chi connectivity index (χ3n) is 5.83. The van der Waals surface area contributed by atoms with Crippen molar-refractivity contribution in [3.63, 3.8) is 0 Å². The molecular weight excluding hydrogens is 356 g/mol. The first kappa shape index (κ1) is 19.5. The smallest absolute Gasteiger partial charge is 0.317 e. The molecule has 7 nitrogen and oxygen atoms in total. The first-order chi connectivity index (χ1) is 13.4. The molecule has 154 valence electrons. The molecule has 3 fully saturated rings. The predicted octanol–water partition coefficient (Wildman–Crippen LogP) is 2.55. The number of amides is 2. The van der Waals surface area contributed by atoms with Crippen molar-refractivity contribution in [3.8, 4) is 0 Å². The van der Waals surface area contributed by atoms with E-state index in [0.717, 1.165) is 30.9 Å². The molecule has 3 saturated heterocycles. The standard InChI is InChI=1S/C21H32N4O3/c1-20(2)14-25(15-21(28-20)8-11-27-16-21)19(26)23-13-17-6-7-18(22-12-17)24-9-4-3-5-10-24/h6-7,12H,3-5,8-11,13-16H2,1-2H3,(H,23,26). The highest BCUT2D eigenvalue weighted by Crippen LogP contribution is 2.34. The molecule has 0 aliphatic carbocycles. The molecule has 1 aromatic rings. The van der Waals surface area contributed by atoms with Gasteiger partial charge in [0.2, 0.25) is 0 Å². The van der Waals surface area contributed by atoms with E-state index < -0.39 is 0 Å². The maximum atomic E-state index is 12.8. The van der Waals surface area contributed by atoms with Gasteiger partial charge in [-0.25, -0.2) is 9.78 Å². The van der Waals surface area contributed by atoms with Crippen molar-refractivity contribution in [3.05, 3.63) is 23.9 Å². The lowest BCUT2D eigenvalue weighted by atomic mass is 9.95. The Bertz CT molecular complexity index is 679. The van der Waals surface area contributed by atoms with E-state index >= 15 is 0 Å². The summed E-state index contributed by atoms with van der Waals surface area (Å²) in [5.74, 6) is 1.04. The SMILES string of the molecule is CC1(C)CN(C(=O)NCc2ccc(N3CCCCC3)nc2)CC2(CCOC2)O1. The molecule has 1 N–H and O–H groups in total. The molecule has 0 radical (unpaired) electrons. The number of carbonyl (C=O) groups excluding carboxylic acids is 1. The molecule has 1 atom stereocenters. The first-order valence-electron chi connectivity index (χ1n) is 10.5. The number of ether oxygens (including phenoxy) is 2. The number of piperidine rings is 1. The van der Waals surface area contributed by atoms with Gasteiger partial charge < -0.3 is 24.6 Å². The van der Waals surface area contributed by atoms with Gasteiger partial charge in [0, 0.05) is 38.9 Å². The molecule has 3 aliphatic rings. The van der Waals surface area contributed by atoms with Crippen molar-refractivity contribution < 1.29 is 14.3 Å². The van der Waals surface area contributed by atoms with Crippen LogP contribution in [0.25, 0.3) is 0 Å². The number of nitrogens with one attached hydrogen (secondary N) is 1. The summed E-state index contributed by atoms with van der Waals surface area (Å²) in [5.41, 5.74) is 0.276. The van der Waals surface area contributed by atoms with E-state index in [0.29, 0.717) is 32.8 Å². The average molecular weight is 389 g/mol. The van der Waals surface area contributed by atoms with E-state index in [1.165, 1.54) is 19.3 Å². The van der Waals surface area contributed by atoms with Gasteiger partial charge in [0.05, 0.1) is 25.3 Å². The van der Waals surface area contributed by atoms with E-state index in [-0.39, 0.29) is 17.2 Å². The Kier molecular flexibility index (Phi) is 5.47. The van der Waals surface area contributed by atoms with Gasteiger partial charge >= 0.3 is 6.03 Å². The summed E-state index contributed by atoms with van der Waals surface area (Å²) < 4.78 is 11.8. The van der Waals surface area contributed by atoms with Gasteiger partial charge in [-0.1, -0.05) is 6.07 Å². The zero-order chi connectivity index (χ0) is 19.6. The number of anilines is 1. The topological polar surface area (TPSA) is 66.9 Å². The van der Waals surface area contributed by atoms with Gasteiger partial charge in [0.15, 0.2) is 0 Å². The minimum Gasteiger partial charge on any atom is -0.378 e. The number of rotatable bonds is 3. The molecule has 4 heterocycles. The van der Waals surface area contributed by atoms with Crippen molar-refractivity contribution in [1.82, 2.24) is 15.2 Å². The van der Waals surface area contributed by atoms with Crippen LogP contribution in [0.4, 0.5) is 10.6 Å². The summed E-state index contributed by atoms with van der Waals surface area (Å²) in [6, 6.07) is 4.07.